The molecule has 5 nitrogen and oxygen atoms in total. The minimum absolute atomic E-state index is 0.227. The number of hydrogen-bond acceptors (Lipinski definition) is 4. The van der Waals surface area contributed by atoms with Crippen molar-refractivity contribution in [1.82, 2.24) is 4.90 Å². The zero-order chi connectivity index (χ0) is 16.9. The van der Waals surface area contributed by atoms with Crippen LogP contribution in [0.25, 0.3) is 0 Å². The van der Waals surface area contributed by atoms with Gasteiger partial charge in [0.05, 0.1) is 6.61 Å². The molecule has 0 saturated carbocycles. The third-order valence-electron chi connectivity index (χ3n) is 3.79. The molecule has 0 aromatic heterocycles. The molecule has 0 spiro atoms. The molecule has 1 aromatic carbocycles. The van der Waals surface area contributed by atoms with Crippen molar-refractivity contribution in [2.45, 2.75) is 45.3 Å². The van der Waals surface area contributed by atoms with Crippen molar-refractivity contribution in [3.63, 3.8) is 0 Å². The molecule has 0 aliphatic carbocycles. The second-order valence-corrected chi connectivity index (χ2v) is 6.96. The Labute approximate surface area is 139 Å². The molecule has 5 heteroatoms. The molecule has 1 amide bonds. The number of hydrogen-bond donors (Lipinski definition) is 1. The first-order valence-corrected chi connectivity index (χ1v) is 8.20. The van der Waals surface area contributed by atoms with E-state index in [1.807, 2.05) is 32.9 Å². The highest BCUT2D eigenvalue weighted by molar-refractivity contribution is 5.68. The van der Waals surface area contributed by atoms with E-state index in [1.165, 1.54) is 5.56 Å². The van der Waals surface area contributed by atoms with Crippen LogP contribution in [0.3, 0.4) is 0 Å². The lowest BCUT2D eigenvalue weighted by Gasteiger charge is -2.24. The van der Waals surface area contributed by atoms with Crippen LogP contribution in [0.5, 0.6) is 0 Å². The number of nitrogens with one attached hydrogen (secondary N) is 1. The summed E-state index contributed by atoms with van der Waals surface area (Å²) in [6, 6.07) is 8.52. The highest BCUT2D eigenvalue weighted by atomic mass is 16.6. The van der Waals surface area contributed by atoms with Crippen molar-refractivity contribution >= 4 is 11.8 Å². The van der Waals surface area contributed by atoms with Gasteiger partial charge in [0.25, 0.3) is 0 Å². The normalized spacial score (nSPS) is 18.1. The Bertz CT molecular complexity index is 525. The highest BCUT2D eigenvalue weighted by Crippen LogP contribution is 2.21. The number of carbonyl (C=O) groups excluding carboxylic acids is 1. The molecule has 0 radical (unpaired) electrons. The Kier molecular flexibility index (Phi) is 5.88. The van der Waals surface area contributed by atoms with Gasteiger partial charge in [-0.3, -0.25) is 0 Å². The fourth-order valence-electron chi connectivity index (χ4n) is 2.68. The minimum atomic E-state index is -0.449. The Hall–Kier alpha value is -1.75. The van der Waals surface area contributed by atoms with Gasteiger partial charge in [-0.05, 0) is 45.2 Å². The maximum atomic E-state index is 12.1. The summed E-state index contributed by atoms with van der Waals surface area (Å²) < 4.78 is 10.6. The van der Waals surface area contributed by atoms with Crippen LogP contribution in [0.1, 0.15) is 32.8 Å². The molecule has 2 rings (SSSR count). The molecule has 1 unspecified atom stereocenters. The van der Waals surface area contributed by atoms with E-state index in [2.05, 4.69) is 17.4 Å². The van der Waals surface area contributed by atoms with Crippen molar-refractivity contribution in [3.05, 3.63) is 29.8 Å². The predicted molar refractivity (Wildman–Crippen MR) is 91.9 cm³/mol. The van der Waals surface area contributed by atoms with Crippen LogP contribution in [-0.2, 0) is 15.9 Å². The van der Waals surface area contributed by atoms with E-state index in [0.29, 0.717) is 13.2 Å². The van der Waals surface area contributed by atoms with Gasteiger partial charge in [0.1, 0.15) is 5.60 Å². The monoisotopic (exact) mass is 320 g/mol. The molecule has 1 aliphatic heterocycles. The average Bonchev–Trinajstić information content (AvgIpc) is 2.93. The first-order valence-electron chi connectivity index (χ1n) is 8.20. The summed E-state index contributed by atoms with van der Waals surface area (Å²) in [4.78, 5) is 13.9. The van der Waals surface area contributed by atoms with Gasteiger partial charge >= 0.3 is 6.09 Å². The summed E-state index contributed by atoms with van der Waals surface area (Å²) in [6.07, 6.45) is 1.58. The Balaban J connectivity index is 1.92. The summed E-state index contributed by atoms with van der Waals surface area (Å²) in [7, 11) is 1.71. The molecule has 1 N–H and O–H groups in total. The van der Waals surface area contributed by atoms with Crippen LogP contribution in [0.2, 0.25) is 0 Å². The van der Waals surface area contributed by atoms with Gasteiger partial charge in [-0.25, -0.2) is 4.79 Å². The third kappa shape index (κ3) is 5.43. The van der Waals surface area contributed by atoms with E-state index in [9.17, 15) is 4.79 Å². The lowest BCUT2D eigenvalue weighted by atomic mass is 10.1. The van der Waals surface area contributed by atoms with Gasteiger partial charge in [-0.1, -0.05) is 18.2 Å². The van der Waals surface area contributed by atoms with E-state index in [1.54, 1.807) is 12.0 Å². The quantitative estimate of drug-likeness (QED) is 0.904. The summed E-state index contributed by atoms with van der Waals surface area (Å²) in [5.74, 6) is 0. The van der Waals surface area contributed by atoms with E-state index < -0.39 is 5.60 Å². The largest absolute Gasteiger partial charge is 0.444 e. The smallest absolute Gasteiger partial charge is 0.410 e. The predicted octanol–water partition coefficient (Wildman–Crippen LogP) is 3.30. The van der Waals surface area contributed by atoms with Gasteiger partial charge < -0.3 is 19.7 Å². The van der Waals surface area contributed by atoms with Crippen LogP contribution in [0, 0.1) is 0 Å². The minimum Gasteiger partial charge on any atom is -0.444 e. The first kappa shape index (κ1) is 17.6. The van der Waals surface area contributed by atoms with E-state index in [-0.39, 0.29) is 12.1 Å². The van der Waals surface area contributed by atoms with Crippen molar-refractivity contribution in [2.24, 2.45) is 0 Å². The zero-order valence-corrected chi connectivity index (χ0v) is 14.6. The number of para-hydroxylation sites is 1. The number of likely N-dealkylation sites (tertiary alicyclic amines) is 1. The molecule has 1 aromatic rings. The van der Waals surface area contributed by atoms with Gasteiger partial charge in [0, 0.05) is 31.9 Å². The van der Waals surface area contributed by atoms with Crippen molar-refractivity contribution in [1.29, 1.82) is 0 Å². The summed E-state index contributed by atoms with van der Waals surface area (Å²) >= 11 is 0. The van der Waals surface area contributed by atoms with Crippen molar-refractivity contribution < 1.29 is 14.3 Å². The summed E-state index contributed by atoms with van der Waals surface area (Å²) in [5, 5.41) is 3.56. The van der Waals surface area contributed by atoms with Crippen LogP contribution in [0.4, 0.5) is 10.5 Å². The number of nitrogens with zero attached hydrogens (tertiary/aromatic N) is 1. The third-order valence-corrected chi connectivity index (χ3v) is 3.79. The maximum absolute atomic E-state index is 12.1. The lowest BCUT2D eigenvalue weighted by molar-refractivity contribution is 0.0293. The number of methoxy groups -OCH3 is 1. The Morgan fingerprint density at radius 2 is 2.09 bits per heavy atom. The van der Waals surface area contributed by atoms with Gasteiger partial charge in [0.15, 0.2) is 0 Å². The highest BCUT2D eigenvalue weighted by Gasteiger charge is 2.29. The Morgan fingerprint density at radius 3 is 2.78 bits per heavy atom. The number of carbonyl (C=O) groups is 1. The van der Waals surface area contributed by atoms with Gasteiger partial charge in [-0.15, -0.1) is 0 Å². The fraction of sp³-hybridized carbons (Fsp3) is 0.611. The zero-order valence-electron chi connectivity index (χ0n) is 14.6. The second-order valence-electron chi connectivity index (χ2n) is 6.96. The first-order chi connectivity index (χ1) is 10.9. The average molecular weight is 320 g/mol. The number of amides is 1. The second kappa shape index (κ2) is 7.68. The SMILES string of the molecule is COCCc1ccccc1NC1CCN(C(=O)OC(C)(C)C)C1. The molecule has 23 heavy (non-hydrogen) atoms. The maximum Gasteiger partial charge on any atom is 0.410 e. The molecular formula is C18H28N2O3. The number of benzene rings is 1. The van der Waals surface area contributed by atoms with Gasteiger partial charge in [0.2, 0.25) is 0 Å². The number of rotatable bonds is 5. The molecular weight excluding hydrogens is 292 g/mol. The van der Waals surface area contributed by atoms with Crippen LogP contribution in [-0.4, -0.2) is 49.4 Å². The molecule has 128 valence electrons. The molecule has 0 bridgehead atoms. The lowest BCUT2D eigenvalue weighted by Crippen LogP contribution is -2.36. The summed E-state index contributed by atoms with van der Waals surface area (Å²) in [6.45, 7) is 7.78. The standard InChI is InChI=1S/C18H28N2O3/c1-18(2,3)23-17(21)20-11-9-15(13-20)19-16-8-6-5-7-14(16)10-12-22-4/h5-8,15,19H,9-13H2,1-4H3. The van der Waals surface area contributed by atoms with E-state index in [4.69, 9.17) is 9.47 Å². The number of anilines is 1. The van der Waals surface area contributed by atoms with Crippen LogP contribution in [0.15, 0.2) is 24.3 Å². The summed E-state index contributed by atoms with van der Waals surface area (Å²) in [5.41, 5.74) is 1.92. The van der Waals surface area contributed by atoms with Gasteiger partial charge in [-0.2, -0.15) is 0 Å². The van der Waals surface area contributed by atoms with Crippen LogP contribution < -0.4 is 5.32 Å². The van der Waals surface area contributed by atoms with E-state index in [0.717, 1.165) is 25.1 Å². The molecule has 1 fully saturated rings. The Morgan fingerprint density at radius 1 is 1.35 bits per heavy atom. The number of ether oxygens (including phenoxy) is 2. The fourth-order valence-corrected chi connectivity index (χ4v) is 2.68. The van der Waals surface area contributed by atoms with E-state index >= 15 is 0 Å². The topological polar surface area (TPSA) is 50.8 Å². The van der Waals surface area contributed by atoms with Crippen LogP contribution >= 0.6 is 0 Å². The van der Waals surface area contributed by atoms with Crippen molar-refractivity contribution in [2.75, 3.05) is 32.1 Å². The van der Waals surface area contributed by atoms with Crippen molar-refractivity contribution in [3.8, 4) is 0 Å². The molecule has 1 aliphatic rings. The molecule has 1 atom stereocenters. The molecule has 1 heterocycles. The molecule has 1 saturated heterocycles.